The normalized spacial score (nSPS) is 12.3. The number of aromatic hydroxyl groups is 3. The second kappa shape index (κ2) is 26.2. The zero-order valence-corrected chi connectivity index (χ0v) is 48.2. The number of carbonyl (C=O) groups excluding carboxylic acids is 1. The average molecular weight is 1370 g/mol. The molecule has 1 aromatic heterocycles. The third kappa shape index (κ3) is 16.1. The molecule has 0 spiro atoms. The summed E-state index contributed by atoms with van der Waals surface area (Å²) >= 11 is 0. The van der Waals surface area contributed by atoms with Gasteiger partial charge in [-0.15, -0.1) is 61.0 Å². The lowest BCUT2D eigenvalue weighted by atomic mass is 10.1. The van der Waals surface area contributed by atoms with Crippen molar-refractivity contribution in [2.45, 2.75) is 24.5 Å². The summed E-state index contributed by atoms with van der Waals surface area (Å²) in [5.74, 6) is -3.48. The number of nitro benzene ring substituents is 1. The largest absolute Gasteiger partial charge is 0.505 e. The third-order valence-corrected chi connectivity index (χ3v) is 15.4. The number of anilines is 1. The Hall–Kier alpha value is -10.5. The van der Waals surface area contributed by atoms with Crippen molar-refractivity contribution in [1.29, 1.82) is 0 Å². The second-order valence-electron chi connectivity index (χ2n) is 16.4. The highest BCUT2D eigenvalue weighted by Gasteiger charge is 2.30. The van der Waals surface area contributed by atoms with Gasteiger partial charge in [-0.3, -0.25) is 37.7 Å². The Kier molecular flexibility index (Phi) is 20.0. The molecule has 0 amide bonds. The molecule has 466 valence electrons. The number of azo groups is 4. The third-order valence-electron chi connectivity index (χ3n) is 10.9. The summed E-state index contributed by atoms with van der Waals surface area (Å²) in [6.07, 6.45) is 0. The number of ether oxygens (including phenoxy) is 1. The van der Waals surface area contributed by atoms with Crippen molar-refractivity contribution in [3.05, 3.63) is 113 Å². The number of hydrogen-bond acceptors (Lipinski definition) is 33. The number of carbonyl (C=O) groups is 1. The highest BCUT2D eigenvalue weighted by molar-refractivity contribution is 7.87. The minimum Gasteiger partial charge on any atom is -0.505 e. The van der Waals surface area contributed by atoms with E-state index in [1.54, 1.807) is 0 Å². The fourth-order valence-corrected chi connectivity index (χ4v) is 10.6. The van der Waals surface area contributed by atoms with Crippen molar-refractivity contribution in [2.75, 3.05) is 5.73 Å². The van der Waals surface area contributed by atoms with E-state index < -0.39 is 192 Å². The summed E-state index contributed by atoms with van der Waals surface area (Å²) in [5.41, 5.74) is 0.332. The lowest BCUT2D eigenvalue weighted by molar-refractivity contribution is -0.385. The van der Waals surface area contributed by atoms with Crippen LogP contribution in [-0.4, -0.2) is 127 Å². The molecule has 0 bridgehead atoms. The van der Waals surface area contributed by atoms with Crippen LogP contribution in [0.1, 0.15) is 0 Å². The van der Waals surface area contributed by atoms with Gasteiger partial charge in [0.2, 0.25) is 11.6 Å². The zero-order valence-electron chi connectivity index (χ0n) is 42.5. The minimum atomic E-state index is -5.60. The van der Waals surface area contributed by atoms with Crippen molar-refractivity contribution in [3.8, 4) is 28.9 Å². The highest BCUT2D eigenvalue weighted by atomic mass is 32.2. The molecule has 0 fully saturated rings. The Morgan fingerprint density at radius 3 is 1.51 bits per heavy atom. The summed E-state index contributed by atoms with van der Waals surface area (Å²) in [7, 11) is -32.4. The predicted molar refractivity (Wildman–Crippen MR) is 292 cm³/mol. The van der Waals surface area contributed by atoms with E-state index >= 15 is 0 Å². The van der Waals surface area contributed by atoms with E-state index in [1.165, 1.54) is 24.3 Å². The maximum absolute atomic E-state index is 13.0. The van der Waals surface area contributed by atoms with Gasteiger partial charge in [0.15, 0.2) is 11.5 Å². The van der Waals surface area contributed by atoms with Gasteiger partial charge < -0.3 is 25.8 Å². The van der Waals surface area contributed by atoms with Crippen LogP contribution in [0.3, 0.4) is 0 Å². The van der Waals surface area contributed by atoms with Crippen LogP contribution in [0, 0.1) is 10.1 Å². The van der Waals surface area contributed by atoms with Crippen molar-refractivity contribution in [3.63, 3.8) is 0 Å². The summed E-state index contributed by atoms with van der Waals surface area (Å²) in [4.78, 5) is 16.2. The number of aromatic nitrogens is 2. The van der Waals surface area contributed by atoms with E-state index in [9.17, 15) is 95.1 Å². The summed E-state index contributed by atoms with van der Waals surface area (Å²) < 4.78 is 230. The number of hydrogen-bond donors (Lipinski definition) is 9. The first-order valence-corrected chi connectivity index (χ1v) is 31.3. The van der Waals surface area contributed by atoms with Crippen LogP contribution >= 0.6 is 0 Å². The number of fused-ring (bicyclic) bond motifs is 2. The molecule has 40 nitrogen and oxygen atoms in total. The number of non-ortho nitro benzene ring substituents is 1. The monoisotopic (exact) mass is 1370 g/mol. The minimum absolute atomic E-state index is 0.0187. The van der Waals surface area contributed by atoms with Gasteiger partial charge in [0.25, 0.3) is 68.6 Å². The fourth-order valence-electron chi connectivity index (χ4n) is 7.32. The number of nitrogens with two attached hydrogens (primary N) is 1. The Balaban J connectivity index is 0.00000149. The van der Waals surface area contributed by atoms with Crippen molar-refractivity contribution < 1.29 is 120 Å². The number of nitro groups is 1. The van der Waals surface area contributed by atoms with E-state index in [0.717, 1.165) is 65.3 Å². The summed E-state index contributed by atoms with van der Waals surface area (Å²) in [6, 6.07) is 15.8. The molecule has 0 saturated heterocycles. The first-order chi connectivity index (χ1) is 41.2. The number of benzene rings is 7. The highest BCUT2D eigenvalue weighted by Crippen LogP contribution is 2.48. The summed E-state index contributed by atoms with van der Waals surface area (Å²) in [5, 5.41) is 76.2. The Bertz CT molecular complexity index is 5210. The van der Waals surface area contributed by atoms with Crippen molar-refractivity contribution >= 4 is 157 Å². The van der Waals surface area contributed by atoms with E-state index in [0.29, 0.717) is 18.2 Å². The molecular formula is C42H28N12O28S7. The van der Waals surface area contributed by atoms with Crippen molar-refractivity contribution in [1.82, 2.24) is 9.78 Å². The molecule has 7 aromatic carbocycles. The molecule has 89 heavy (non-hydrogen) atoms. The van der Waals surface area contributed by atoms with Gasteiger partial charge >= 0.3 is 21.2 Å². The van der Waals surface area contributed by atoms with E-state index in [1.807, 2.05) is 0 Å². The molecule has 8 rings (SSSR count). The maximum atomic E-state index is 13.0. The van der Waals surface area contributed by atoms with Gasteiger partial charge in [-0.25, -0.2) is 0 Å². The van der Waals surface area contributed by atoms with Crippen LogP contribution in [0.2, 0.25) is 0 Å². The first-order valence-electron chi connectivity index (χ1n) is 22.1. The van der Waals surface area contributed by atoms with Crippen LogP contribution < -0.4 is 10.5 Å². The molecule has 0 unspecified atom stereocenters. The van der Waals surface area contributed by atoms with Crippen LogP contribution in [0.4, 0.5) is 56.9 Å². The van der Waals surface area contributed by atoms with E-state index in [-0.39, 0.29) is 23.5 Å². The molecule has 0 atom stereocenters. The quantitative estimate of drug-likeness (QED) is 0.0122. The molecule has 0 radical (unpaired) electrons. The Labute approximate surface area is 497 Å². The van der Waals surface area contributed by atoms with Gasteiger partial charge in [0.1, 0.15) is 48.0 Å². The molecule has 1 heterocycles. The van der Waals surface area contributed by atoms with Gasteiger partial charge in [-0.05, 0) is 84.9 Å². The standard InChI is InChI=1S/C42H28N12O22S5.2O3S/c43-35-30(17-31(78(64,65)66)25-11-13-28(39(57)34(25)35)47-46-27-12-7-22(54(59)60)15-32(27)79(67,68)69)49-48-29-14-10-24-26(40(29)81(73,74)75)16-33(80(70,71)72)36(38(24)56)50-44-19-1-3-20(4-2-19)45-51-37-41(76-18-55)52-53(42(37)58)21-5-8-23(9-6-21)77(61,62)63;2*1-4(2)3/h1-18,56-58H,43H2,(H,61,62,63)(H,64,65,66)(H,67,68,69)(H,70,71,72)(H,73,74,75);;. The van der Waals surface area contributed by atoms with Crippen LogP contribution in [0.15, 0.2) is 169 Å². The number of nitrogen functional groups attached to an aromatic ring is 1. The zero-order chi connectivity index (χ0) is 66.5. The van der Waals surface area contributed by atoms with Crippen LogP contribution in [0.25, 0.3) is 27.2 Å². The molecule has 0 saturated carbocycles. The molecule has 10 N–H and O–H groups in total. The number of phenolic OH excluding ortho intramolecular Hbond substituents is 2. The average Bonchev–Trinajstić information content (AvgIpc) is 1.42. The lowest BCUT2D eigenvalue weighted by Gasteiger charge is -2.13. The molecule has 0 aliphatic heterocycles. The van der Waals surface area contributed by atoms with Gasteiger partial charge in [-0.1, -0.05) is 6.07 Å². The van der Waals surface area contributed by atoms with E-state index in [4.69, 9.17) is 35.7 Å². The first kappa shape index (κ1) is 67.7. The molecular weight excluding hydrogens is 1340 g/mol. The smallest absolute Gasteiger partial charge is 0.425 e. The lowest BCUT2D eigenvalue weighted by Crippen LogP contribution is -2.03. The number of nitrogens with zero attached hydrogens (tertiary/aromatic N) is 11. The number of phenols is 2. The molecule has 8 aromatic rings. The van der Waals surface area contributed by atoms with Gasteiger partial charge in [-0.2, -0.15) is 57.0 Å². The second-order valence-corrected chi connectivity index (χ2v) is 24.1. The van der Waals surface area contributed by atoms with Crippen LogP contribution in [-0.2, 0) is 76.6 Å². The maximum Gasteiger partial charge on any atom is 0.425 e. The van der Waals surface area contributed by atoms with E-state index in [2.05, 4.69) is 46.0 Å². The van der Waals surface area contributed by atoms with Crippen molar-refractivity contribution in [2.24, 2.45) is 40.9 Å². The van der Waals surface area contributed by atoms with Crippen LogP contribution in [0.5, 0.6) is 23.3 Å². The predicted octanol–water partition coefficient (Wildman–Crippen LogP) is 6.21. The molecule has 0 aliphatic carbocycles. The van der Waals surface area contributed by atoms with Gasteiger partial charge in [0.05, 0.1) is 38.0 Å². The number of rotatable bonds is 17. The summed E-state index contributed by atoms with van der Waals surface area (Å²) in [6.45, 7) is -0.0403. The SMILES string of the molecule is Nc1c(N=Nc2ccc3c(O)c(N=Nc4ccc(N=Nc5c(OC=O)nn(-c6ccc(S(=O)(=O)O)cc6)c5O)cc4)c(S(=O)(=O)O)cc3c2S(=O)(=O)O)cc(S(=O)(=O)O)c2ccc(N=Nc3ccc([N+](=O)[O-])cc3S(=O)(=O)O)c(O)c12.O=S(=O)=O.O=S(=O)=O. The molecule has 47 heteroatoms. The fraction of sp³-hybridized carbons (Fsp3) is 0. The Morgan fingerprint density at radius 2 is 1.00 bits per heavy atom. The molecule has 0 aliphatic rings. The Morgan fingerprint density at radius 1 is 0.517 bits per heavy atom. The van der Waals surface area contributed by atoms with Gasteiger partial charge in [0, 0.05) is 28.3 Å². The topological polar surface area (TPSA) is 647 Å².